The van der Waals surface area contributed by atoms with Crippen molar-refractivity contribution in [2.45, 2.75) is 32.7 Å². The first-order valence-electron chi connectivity index (χ1n) is 11.7. The molecular formula is C26H27N7O. The largest absolute Gasteiger partial charge is 0.457 e. The lowest BCUT2D eigenvalue weighted by molar-refractivity contribution is 0.354. The summed E-state index contributed by atoms with van der Waals surface area (Å²) in [7, 11) is 1.99. The third-order valence-corrected chi connectivity index (χ3v) is 6.67. The van der Waals surface area contributed by atoms with E-state index in [2.05, 4.69) is 44.0 Å². The van der Waals surface area contributed by atoms with Crippen LogP contribution in [0.4, 0.5) is 0 Å². The van der Waals surface area contributed by atoms with Gasteiger partial charge in [-0.25, -0.2) is 19.6 Å². The molecule has 3 aromatic heterocycles. The molecule has 0 radical (unpaired) electrons. The second-order valence-electron chi connectivity index (χ2n) is 9.04. The number of benzene rings is 2. The van der Waals surface area contributed by atoms with E-state index in [0.717, 1.165) is 82.0 Å². The van der Waals surface area contributed by atoms with Gasteiger partial charge in [-0.3, -0.25) is 0 Å². The molecule has 0 saturated carbocycles. The Kier molecular flexibility index (Phi) is 5.03. The fourth-order valence-electron chi connectivity index (χ4n) is 4.83. The SMILES string of the molecule is Cc1cc(-c2nn([C@@H]3CCCNC3)c3ncnc(C)c23)ccc1Oc1ccc2c(c1)ncn2C. The zero-order valence-electron chi connectivity index (χ0n) is 19.6. The number of piperidine rings is 1. The topological polar surface area (TPSA) is 82.7 Å². The first-order chi connectivity index (χ1) is 16.6. The van der Waals surface area contributed by atoms with Crippen molar-refractivity contribution in [3.8, 4) is 22.8 Å². The minimum absolute atomic E-state index is 0.296. The van der Waals surface area contributed by atoms with Crippen LogP contribution in [0.5, 0.6) is 11.5 Å². The number of imidazole rings is 1. The molecule has 8 nitrogen and oxygen atoms in total. The lowest BCUT2D eigenvalue weighted by Gasteiger charge is -2.23. The fraction of sp³-hybridized carbons (Fsp3) is 0.308. The average molecular weight is 454 g/mol. The Balaban J connectivity index is 1.37. The summed E-state index contributed by atoms with van der Waals surface area (Å²) in [6.45, 7) is 6.05. The molecule has 0 unspecified atom stereocenters. The third kappa shape index (κ3) is 3.51. The van der Waals surface area contributed by atoms with Crippen LogP contribution in [0.2, 0.25) is 0 Å². The summed E-state index contributed by atoms with van der Waals surface area (Å²) in [5, 5.41) is 9.56. The lowest BCUT2D eigenvalue weighted by Crippen LogP contribution is -2.32. The van der Waals surface area contributed by atoms with E-state index in [0.29, 0.717) is 6.04 Å². The zero-order valence-corrected chi connectivity index (χ0v) is 19.6. The molecule has 0 amide bonds. The van der Waals surface area contributed by atoms with E-state index in [-0.39, 0.29) is 0 Å². The predicted molar refractivity (Wildman–Crippen MR) is 132 cm³/mol. The van der Waals surface area contributed by atoms with E-state index in [1.807, 2.05) is 49.1 Å². The number of nitrogens with one attached hydrogen (secondary N) is 1. The van der Waals surface area contributed by atoms with Gasteiger partial charge in [-0.1, -0.05) is 0 Å². The summed E-state index contributed by atoms with van der Waals surface area (Å²) in [5.74, 6) is 1.58. The number of rotatable bonds is 4. The number of fused-ring (bicyclic) bond motifs is 2. The molecule has 1 aliphatic rings. The maximum Gasteiger partial charge on any atom is 0.162 e. The summed E-state index contributed by atoms with van der Waals surface area (Å²) >= 11 is 0. The van der Waals surface area contributed by atoms with Crippen molar-refractivity contribution in [2.75, 3.05) is 13.1 Å². The van der Waals surface area contributed by atoms with Gasteiger partial charge in [0, 0.05) is 25.2 Å². The number of aryl methyl sites for hydroxylation is 3. The summed E-state index contributed by atoms with van der Waals surface area (Å²) in [6.07, 6.45) is 5.68. The van der Waals surface area contributed by atoms with Crippen molar-refractivity contribution < 1.29 is 4.74 Å². The van der Waals surface area contributed by atoms with E-state index in [1.165, 1.54) is 0 Å². The first-order valence-corrected chi connectivity index (χ1v) is 11.7. The van der Waals surface area contributed by atoms with Crippen LogP contribution in [-0.4, -0.2) is 42.4 Å². The maximum atomic E-state index is 6.22. The van der Waals surface area contributed by atoms with Gasteiger partial charge in [-0.2, -0.15) is 5.10 Å². The minimum atomic E-state index is 0.296. The Bertz CT molecular complexity index is 1510. The molecule has 1 fully saturated rings. The van der Waals surface area contributed by atoms with Gasteiger partial charge in [-0.15, -0.1) is 0 Å². The molecule has 4 heterocycles. The van der Waals surface area contributed by atoms with Crippen LogP contribution in [0.1, 0.15) is 30.1 Å². The van der Waals surface area contributed by atoms with Crippen LogP contribution in [0.25, 0.3) is 33.3 Å². The molecule has 1 aliphatic heterocycles. The summed E-state index contributed by atoms with van der Waals surface area (Å²) < 4.78 is 10.3. The molecule has 0 bridgehead atoms. The van der Waals surface area contributed by atoms with Crippen molar-refractivity contribution >= 4 is 22.1 Å². The Morgan fingerprint density at radius 2 is 1.97 bits per heavy atom. The molecule has 8 heteroatoms. The van der Waals surface area contributed by atoms with Crippen LogP contribution in [0.3, 0.4) is 0 Å². The lowest BCUT2D eigenvalue weighted by atomic mass is 10.0. The predicted octanol–water partition coefficient (Wildman–Crippen LogP) is 4.71. The fourth-order valence-corrected chi connectivity index (χ4v) is 4.83. The number of aromatic nitrogens is 6. The second-order valence-corrected chi connectivity index (χ2v) is 9.04. The van der Waals surface area contributed by atoms with Crippen LogP contribution in [0, 0.1) is 13.8 Å². The molecule has 6 rings (SSSR count). The Morgan fingerprint density at radius 3 is 2.79 bits per heavy atom. The Morgan fingerprint density at radius 1 is 1.06 bits per heavy atom. The van der Waals surface area contributed by atoms with Crippen molar-refractivity contribution in [3.05, 3.63) is 60.3 Å². The van der Waals surface area contributed by atoms with Crippen molar-refractivity contribution in [3.63, 3.8) is 0 Å². The third-order valence-electron chi connectivity index (χ3n) is 6.67. The first kappa shape index (κ1) is 20.8. The summed E-state index contributed by atoms with van der Waals surface area (Å²) in [6, 6.07) is 12.5. The monoisotopic (exact) mass is 453 g/mol. The van der Waals surface area contributed by atoms with Gasteiger partial charge in [-0.05, 0) is 69.1 Å². The van der Waals surface area contributed by atoms with Gasteiger partial charge in [0.2, 0.25) is 0 Å². The summed E-state index contributed by atoms with van der Waals surface area (Å²) in [4.78, 5) is 13.5. The smallest absolute Gasteiger partial charge is 0.162 e. The highest BCUT2D eigenvalue weighted by Crippen LogP contribution is 2.35. The van der Waals surface area contributed by atoms with Crippen molar-refractivity contribution in [2.24, 2.45) is 7.05 Å². The normalized spacial score (nSPS) is 16.4. The van der Waals surface area contributed by atoms with E-state index < -0.39 is 0 Å². The van der Waals surface area contributed by atoms with E-state index in [4.69, 9.17) is 9.84 Å². The number of nitrogens with zero attached hydrogens (tertiary/aromatic N) is 6. The highest BCUT2D eigenvalue weighted by molar-refractivity contribution is 5.93. The average Bonchev–Trinajstić information content (AvgIpc) is 3.43. The van der Waals surface area contributed by atoms with Crippen molar-refractivity contribution in [1.29, 1.82) is 0 Å². The second kappa shape index (κ2) is 8.22. The van der Waals surface area contributed by atoms with E-state index in [9.17, 15) is 0 Å². The molecule has 172 valence electrons. The summed E-state index contributed by atoms with van der Waals surface area (Å²) in [5.41, 5.74) is 6.83. The van der Waals surface area contributed by atoms with Crippen LogP contribution >= 0.6 is 0 Å². The van der Waals surface area contributed by atoms with Crippen molar-refractivity contribution in [1.82, 2.24) is 34.6 Å². The van der Waals surface area contributed by atoms with Crippen LogP contribution < -0.4 is 10.1 Å². The van der Waals surface area contributed by atoms with Gasteiger partial charge in [0.1, 0.15) is 23.5 Å². The number of hydrogen-bond acceptors (Lipinski definition) is 6. The number of ether oxygens (including phenoxy) is 1. The van der Waals surface area contributed by atoms with Gasteiger partial charge in [0.15, 0.2) is 5.65 Å². The van der Waals surface area contributed by atoms with Gasteiger partial charge in [0.25, 0.3) is 0 Å². The zero-order chi connectivity index (χ0) is 23.2. The van der Waals surface area contributed by atoms with Gasteiger partial charge in [0.05, 0.1) is 34.5 Å². The Labute approximate surface area is 197 Å². The Hall–Kier alpha value is -3.78. The minimum Gasteiger partial charge on any atom is -0.457 e. The highest BCUT2D eigenvalue weighted by atomic mass is 16.5. The molecule has 0 aliphatic carbocycles. The molecule has 5 aromatic rings. The molecule has 1 atom stereocenters. The van der Waals surface area contributed by atoms with E-state index in [1.54, 1.807) is 6.33 Å². The molecule has 2 aromatic carbocycles. The highest BCUT2D eigenvalue weighted by Gasteiger charge is 2.23. The molecule has 0 spiro atoms. The molecular weight excluding hydrogens is 426 g/mol. The molecule has 1 N–H and O–H groups in total. The maximum absolute atomic E-state index is 6.22. The standard InChI is InChI=1S/C26H27N7O/c1-16-11-18(6-9-23(16)34-20-7-8-22-21(12-20)30-15-32(22)3)25-24-17(2)28-14-29-26(24)33(31-25)19-5-4-10-27-13-19/h6-9,11-12,14-15,19,27H,4-5,10,13H2,1-3H3/t19-/m1/s1. The van der Waals surface area contributed by atoms with Gasteiger partial charge < -0.3 is 14.6 Å². The van der Waals surface area contributed by atoms with Gasteiger partial charge >= 0.3 is 0 Å². The van der Waals surface area contributed by atoms with Crippen LogP contribution in [-0.2, 0) is 7.05 Å². The van der Waals surface area contributed by atoms with E-state index >= 15 is 0 Å². The molecule has 1 saturated heterocycles. The molecule has 34 heavy (non-hydrogen) atoms. The van der Waals surface area contributed by atoms with Crippen LogP contribution in [0.15, 0.2) is 49.1 Å². The number of hydrogen-bond donors (Lipinski definition) is 1. The quantitative estimate of drug-likeness (QED) is 0.424.